The molecular weight excluding hydrogens is 268 g/mol. The summed E-state index contributed by atoms with van der Waals surface area (Å²) in [5.74, 6) is 0.817. The summed E-state index contributed by atoms with van der Waals surface area (Å²) < 4.78 is 6.93. The quantitative estimate of drug-likeness (QED) is 0.718. The minimum Gasteiger partial charge on any atom is -0.482 e. The first-order chi connectivity index (χ1) is 7.74. The molecule has 1 aromatic carbocycles. The van der Waals surface area contributed by atoms with E-state index in [2.05, 4.69) is 27.3 Å². The van der Waals surface area contributed by atoms with Crippen molar-refractivity contribution >= 4 is 27.3 Å². The van der Waals surface area contributed by atoms with Crippen molar-refractivity contribution < 1.29 is 4.74 Å². The van der Waals surface area contributed by atoms with E-state index in [0.717, 1.165) is 21.6 Å². The molecule has 0 amide bonds. The van der Waals surface area contributed by atoms with Crippen molar-refractivity contribution in [2.45, 2.75) is 12.1 Å². The van der Waals surface area contributed by atoms with Gasteiger partial charge in [0.25, 0.3) is 0 Å². The van der Waals surface area contributed by atoms with Crippen molar-refractivity contribution in [3.63, 3.8) is 0 Å². The van der Waals surface area contributed by atoms with Gasteiger partial charge in [0.1, 0.15) is 17.5 Å². The third kappa shape index (κ3) is 1.50. The highest BCUT2D eigenvalue weighted by Crippen LogP contribution is 2.38. The van der Waals surface area contributed by atoms with E-state index in [1.54, 1.807) is 0 Å². The molecule has 0 radical (unpaired) electrons. The molecule has 0 fully saturated rings. The summed E-state index contributed by atoms with van der Waals surface area (Å²) in [7, 11) is 0. The molecule has 16 heavy (non-hydrogen) atoms. The molecule has 1 heterocycles. The number of fused-ring (bicyclic) bond motifs is 2. The molecule has 2 atom stereocenters. The van der Waals surface area contributed by atoms with Crippen LogP contribution in [0.3, 0.4) is 0 Å². The highest BCUT2D eigenvalue weighted by Gasteiger charge is 2.29. The van der Waals surface area contributed by atoms with Crippen molar-refractivity contribution in [1.29, 1.82) is 0 Å². The van der Waals surface area contributed by atoms with Gasteiger partial charge >= 0.3 is 0 Å². The summed E-state index contributed by atoms with van der Waals surface area (Å²) in [6.45, 7) is 0. The third-order valence-corrected chi connectivity index (χ3v) is 3.30. The van der Waals surface area contributed by atoms with Crippen LogP contribution in [0.2, 0.25) is 0 Å². The third-order valence-electron chi connectivity index (χ3n) is 2.77. The molecule has 0 spiro atoms. The zero-order chi connectivity index (χ0) is 11.1. The van der Waals surface area contributed by atoms with E-state index >= 15 is 0 Å². The number of benzene rings is 1. The van der Waals surface area contributed by atoms with E-state index in [9.17, 15) is 0 Å². The Morgan fingerprint density at radius 1 is 1.38 bits per heavy atom. The Morgan fingerprint density at radius 3 is 3.12 bits per heavy atom. The number of hydrogen-bond acceptors (Lipinski definition) is 3. The molecule has 2 aliphatic rings. The minimum atomic E-state index is 0.0376. The average molecular weight is 279 g/mol. The van der Waals surface area contributed by atoms with Gasteiger partial charge in [-0.25, -0.2) is 0 Å². The predicted molar refractivity (Wildman–Crippen MR) is 68.8 cm³/mol. The number of para-hydroxylation sites is 1. The van der Waals surface area contributed by atoms with Crippen LogP contribution in [0.5, 0.6) is 5.75 Å². The number of ether oxygens (including phenoxy) is 1. The van der Waals surface area contributed by atoms with Gasteiger partial charge in [0.15, 0.2) is 0 Å². The number of nitrogens with two attached hydrogens (primary N) is 1. The summed E-state index contributed by atoms with van der Waals surface area (Å²) in [6, 6.07) is 5.83. The van der Waals surface area contributed by atoms with Gasteiger partial charge in [0.2, 0.25) is 0 Å². The van der Waals surface area contributed by atoms with Crippen LogP contribution in [0.4, 0.5) is 11.4 Å². The lowest BCUT2D eigenvalue weighted by atomic mass is 10.0. The van der Waals surface area contributed by atoms with Crippen molar-refractivity contribution in [3.8, 4) is 5.75 Å². The summed E-state index contributed by atoms with van der Waals surface area (Å²) >= 11 is 3.46. The van der Waals surface area contributed by atoms with Crippen LogP contribution >= 0.6 is 15.9 Å². The second-order valence-corrected chi connectivity index (χ2v) is 4.80. The average Bonchev–Trinajstić information content (AvgIpc) is 2.28. The van der Waals surface area contributed by atoms with Crippen LogP contribution in [0.1, 0.15) is 0 Å². The van der Waals surface area contributed by atoms with E-state index in [1.165, 1.54) is 0 Å². The number of halogens is 1. The van der Waals surface area contributed by atoms with Crippen molar-refractivity contribution in [2.24, 2.45) is 0 Å². The standard InChI is InChI=1S/C12H11BrN2O/c13-7-4-5-10-9(6-7)15-12-8(14)2-1-3-11(12)16-10/h1-6,9-10,15H,14H2. The Balaban J connectivity index is 2.02. The number of nitrogen functional groups attached to an aromatic ring is 1. The van der Waals surface area contributed by atoms with E-state index in [-0.39, 0.29) is 12.1 Å². The molecule has 3 N–H and O–H groups in total. The Bertz CT molecular complexity index is 496. The number of anilines is 2. The van der Waals surface area contributed by atoms with Gasteiger partial charge in [-0.3, -0.25) is 0 Å². The minimum absolute atomic E-state index is 0.0376. The fraction of sp³-hybridized carbons (Fsp3) is 0.167. The van der Waals surface area contributed by atoms with Crippen LogP contribution in [0.25, 0.3) is 0 Å². The van der Waals surface area contributed by atoms with E-state index in [1.807, 2.05) is 30.4 Å². The molecule has 1 aliphatic heterocycles. The Morgan fingerprint density at radius 2 is 2.25 bits per heavy atom. The normalized spacial score (nSPS) is 25.9. The molecule has 4 heteroatoms. The number of rotatable bonds is 0. The molecule has 0 aromatic heterocycles. The molecular formula is C12H11BrN2O. The molecule has 0 saturated heterocycles. The number of allylic oxidation sites excluding steroid dienone is 2. The summed E-state index contributed by atoms with van der Waals surface area (Å²) in [4.78, 5) is 0. The fourth-order valence-electron chi connectivity index (χ4n) is 1.98. The predicted octanol–water partition coefficient (Wildman–Crippen LogP) is 2.66. The second kappa shape index (κ2) is 3.56. The summed E-state index contributed by atoms with van der Waals surface area (Å²) in [6.07, 6.45) is 6.16. The van der Waals surface area contributed by atoms with Crippen molar-refractivity contribution in [1.82, 2.24) is 0 Å². The zero-order valence-electron chi connectivity index (χ0n) is 8.48. The van der Waals surface area contributed by atoms with Crippen LogP contribution in [0, 0.1) is 0 Å². The first-order valence-electron chi connectivity index (χ1n) is 5.11. The lowest BCUT2D eigenvalue weighted by molar-refractivity contribution is 0.229. The van der Waals surface area contributed by atoms with Gasteiger partial charge in [-0.15, -0.1) is 0 Å². The molecule has 0 saturated carbocycles. The molecule has 1 aromatic rings. The lowest BCUT2D eigenvalue weighted by Gasteiger charge is -2.34. The van der Waals surface area contributed by atoms with Crippen molar-refractivity contribution in [2.75, 3.05) is 11.1 Å². The number of nitrogens with one attached hydrogen (secondary N) is 1. The first kappa shape index (κ1) is 9.78. The van der Waals surface area contributed by atoms with Gasteiger partial charge in [0, 0.05) is 4.48 Å². The summed E-state index contributed by atoms with van der Waals surface area (Å²) in [5, 5.41) is 3.39. The van der Waals surface area contributed by atoms with E-state index in [4.69, 9.17) is 10.5 Å². The Hall–Kier alpha value is -1.42. The SMILES string of the molecule is Nc1cccc2c1NC1C=C(Br)C=CC1O2. The van der Waals surface area contributed by atoms with Gasteiger partial charge < -0.3 is 15.8 Å². The van der Waals surface area contributed by atoms with Crippen molar-refractivity contribution in [3.05, 3.63) is 40.9 Å². The Labute approximate surface area is 102 Å². The molecule has 2 unspecified atom stereocenters. The largest absolute Gasteiger partial charge is 0.482 e. The van der Waals surface area contributed by atoms with Gasteiger partial charge in [-0.05, 0) is 30.4 Å². The molecule has 82 valence electrons. The lowest BCUT2D eigenvalue weighted by Crippen LogP contribution is -2.40. The highest BCUT2D eigenvalue weighted by molar-refractivity contribution is 9.11. The maximum absolute atomic E-state index is 5.90. The molecule has 0 bridgehead atoms. The fourth-order valence-corrected chi connectivity index (χ4v) is 2.42. The van der Waals surface area contributed by atoms with Crippen LogP contribution in [-0.2, 0) is 0 Å². The second-order valence-electron chi connectivity index (χ2n) is 3.88. The molecule has 3 nitrogen and oxygen atoms in total. The van der Waals surface area contributed by atoms with Gasteiger partial charge in [0.05, 0.1) is 11.7 Å². The smallest absolute Gasteiger partial charge is 0.145 e. The number of hydrogen-bond donors (Lipinski definition) is 2. The Kier molecular flexibility index (Phi) is 2.17. The van der Waals surface area contributed by atoms with E-state index in [0.29, 0.717) is 0 Å². The first-order valence-corrected chi connectivity index (χ1v) is 5.90. The highest BCUT2D eigenvalue weighted by atomic mass is 79.9. The van der Waals surface area contributed by atoms with Gasteiger partial charge in [-0.2, -0.15) is 0 Å². The zero-order valence-corrected chi connectivity index (χ0v) is 10.1. The monoisotopic (exact) mass is 278 g/mol. The van der Waals surface area contributed by atoms with Crippen LogP contribution < -0.4 is 15.8 Å². The summed E-state index contributed by atoms with van der Waals surface area (Å²) in [5.41, 5.74) is 7.51. The topological polar surface area (TPSA) is 47.3 Å². The maximum atomic E-state index is 5.90. The van der Waals surface area contributed by atoms with Gasteiger partial charge in [-0.1, -0.05) is 22.0 Å². The molecule has 1 aliphatic carbocycles. The maximum Gasteiger partial charge on any atom is 0.145 e. The molecule has 3 rings (SSSR count). The van der Waals surface area contributed by atoms with Crippen LogP contribution in [0.15, 0.2) is 40.9 Å². The van der Waals surface area contributed by atoms with Crippen LogP contribution in [-0.4, -0.2) is 12.1 Å². The van der Waals surface area contributed by atoms with E-state index < -0.39 is 0 Å².